The van der Waals surface area contributed by atoms with Gasteiger partial charge in [0.2, 0.25) is 0 Å². The molecule has 0 aliphatic rings. The van der Waals surface area contributed by atoms with Gasteiger partial charge in [0.05, 0.1) is 18.5 Å². The van der Waals surface area contributed by atoms with Crippen molar-refractivity contribution in [3.05, 3.63) is 28.4 Å². The number of halogens is 1. The third kappa shape index (κ3) is 2.97. The van der Waals surface area contributed by atoms with Crippen molar-refractivity contribution >= 4 is 38.6 Å². The van der Waals surface area contributed by atoms with Crippen LogP contribution in [0.4, 0.5) is 5.69 Å². The number of aromatic nitrogens is 1. The molecule has 1 aromatic carbocycles. The smallest absolute Gasteiger partial charge is 0.273 e. The largest absolute Gasteiger partial charge is 0.504 e. The minimum Gasteiger partial charge on any atom is -0.504 e. The molecule has 0 amide bonds. The minimum atomic E-state index is -3.79. The molecule has 20 heavy (non-hydrogen) atoms. The number of nitrogens with one attached hydrogen (secondary N) is 1. The average molecular weight is 335 g/mol. The van der Waals surface area contributed by atoms with Crippen molar-refractivity contribution in [2.45, 2.75) is 11.1 Å². The van der Waals surface area contributed by atoms with Gasteiger partial charge >= 0.3 is 0 Å². The molecule has 0 spiro atoms. The second kappa shape index (κ2) is 5.47. The van der Waals surface area contributed by atoms with E-state index in [0.717, 1.165) is 11.3 Å². The van der Waals surface area contributed by atoms with Crippen molar-refractivity contribution in [3.8, 4) is 11.5 Å². The molecule has 0 aliphatic carbocycles. The predicted molar refractivity (Wildman–Crippen MR) is 77.3 cm³/mol. The number of hydrogen-bond acceptors (Lipinski definition) is 6. The topological polar surface area (TPSA) is 88.5 Å². The fourth-order valence-corrected chi connectivity index (χ4v) is 4.34. The molecule has 108 valence electrons. The van der Waals surface area contributed by atoms with Crippen LogP contribution >= 0.6 is 22.9 Å². The molecule has 2 rings (SSSR count). The van der Waals surface area contributed by atoms with E-state index >= 15 is 0 Å². The average Bonchev–Trinajstić information content (AvgIpc) is 2.69. The van der Waals surface area contributed by atoms with Gasteiger partial charge in [0, 0.05) is 6.07 Å². The number of anilines is 1. The summed E-state index contributed by atoms with van der Waals surface area (Å²) in [5, 5.41) is 9.63. The second-order valence-corrected chi connectivity index (χ2v) is 7.29. The summed E-state index contributed by atoms with van der Waals surface area (Å²) in [5.74, 6) is 0.0942. The standard InChI is InChI=1S/C11H11ClN2O4S2/c1-6-10(19-11(12)13-6)20(16,17)14-7-3-4-9(18-2)8(15)5-7/h3-5,14-15H,1-2H3. The van der Waals surface area contributed by atoms with E-state index in [9.17, 15) is 13.5 Å². The van der Waals surface area contributed by atoms with Gasteiger partial charge in [-0.05, 0) is 19.1 Å². The van der Waals surface area contributed by atoms with Crippen LogP contribution < -0.4 is 9.46 Å². The van der Waals surface area contributed by atoms with Crippen LogP contribution in [0.25, 0.3) is 0 Å². The summed E-state index contributed by atoms with van der Waals surface area (Å²) in [6.07, 6.45) is 0. The molecule has 0 saturated heterocycles. The molecule has 2 aromatic rings. The third-order valence-electron chi connectivity index (χ3n) is 2.40. The number of aryl methyl sites for hydroxylation is 1. The van der Waals surface area contributed by atoms with Gasteiger partial charge in [0.1, 0.15) is 0 Å². The van der Waals surface area contributed by atoms with E-state index in [4.69, 9.17) is 16.3 Å². The zero-order valence-corrected chi connectivity index (χ0v) is 12.9. The van der Waals surface area contributed by atoms with Crippen LogP contribution in [-0.4, -0.2) is 25.6 Å². The quantitative estimate of drug-likeness (QED) is 0.897. The van der Waals surface area contributed by atoms with E-state index in [0.29, 0.717) is 5.69 Å². The summed E-state index contributed by atoms with van der Waals surface area (Å²) in [4.78, 5) is 3.86. The van der Waals surface area contributed by atoms with Crippen LogP contribution in [-0.2, 0) is 10.0 Å². The maximum Gasteiger partial charge on any atom is 0.273 e. The fraction of sp³-hybridized carbons (Fsp3) is 0.182. The molecular weight excluding hydrogens is 324 g/mol. The van der Waals surface area contributed by atoms with Crippen LogP contribution in [0.1, 0.15) is 5.69 Å². The molecule has 0 atom stereocenters. The van der Waals surface area contributed by atoms with Crippen molar-refractivity contribution in [2.75, 3.05) is 11.8 Å². The van der Waals surface area contributed by atoms with Crippen LogP contribution in [0.3, 0.4) is 0 Å². The molecule has 9 heteroatoms. The number of hydrogen-bond donors (Lipinski definition) is 2. The summed E-state index contributed by atoms with van der Waals surface area (Å²) in [6, 6.07) is 4.20. The first kappa shape index (κ1) is 14.9. The number of nitrogens with zero attached hydrogens (tertiary/aromatic N) is 1. The van der Waals surface area contributed by atoms with Crippen molar-refractivity contribution in [2.24, 2.45) is 0 Å². The van der Waals surface area contributed by atoms with E-state index in [2.05, 4.69) is 9.71 Å². The number of benzene rings is 1. The highest BCUT2D eigenvalue weighted by atomic mass is 35.5. The molecule has 0 aliphatic heterocycles. The molecule has 1 aromatic heterocycles. The molecule has 6 nitrogen and oxygen atoms in total. The van der Waals surface area contributed by atoms with Crippen LogP contribution in [0, 0.1) is 6.92 Å². The Balaban J connectivity index is 2.33. The number of ether oxygens (including phenoxy) is 1. The maximum absolute atomic E-state index is 12.2. The molecule has 0 saturated carbocycles. The maximum atomic E-state index is 12.2. The number of sulfonamides is 1. The lowest BCUT2D eigenvalue weighted by molar-refractivity contribution is 0.373. The van der Waals surface area contributed by atoms with Gasteiger partial charge in [0.15, 0.2) is 20.2 Å². The Morgan fingerprint density at radius 2 is 2.15 bits per heavy atom. The second-order valence-electron chi connectivity index (χ2n) is 3.83. The number of phenolic OH excluding ortho intramolecular Hbond substituents is 1. The minimum absolute atomic E-state index is 0.0396. The monoisotopic (exact) mass is 334 g/mol. The van der Waals surface area contributed by atoms with Crippen molar-refractivity contribution in [1.29, 1.82) is 0 Å². The normalized spacial score (nSPS) is 11.3. The lowest BCUT2D eigenvalue weighted by atomic mass is 10.3. The first-order valence-corrected chi connectivity index (χ1v) is 8.04. The molecule has 0 unspecified atom stereocenters. The van der Waals surface area contributed by atoms with Gasteiger partial charge in [-0.3, -0.25) is 4.72 Å². The molecule has 0 bridgehead atoms. The lowest BCUT2D eigenvalue weighted by Crippen LogP contribution is -2.12. The number of aromatic hydroxyl groups is 1. The summed E-state index contributed by atoms with van der Waals surface area (Å²) in [5.41, 5.74) is 0.539. The first-order chi connectivity index (χ1) is 9.33. The van der Waals surface area contributed by atoms with Gasteiger partial charge in [-0.15, -0.1) is 0 Å². The van der Waals surface area contributed by atoms with Gasteiger partial charge in [-0.2, -0.15) is 0 Å². The van der Waals surface area contributed by atoms with Crippen LogP contribution in [0.15, 0.2) is 22.4 Å². The Bertz CT molecular complexity index is 743. The molecule has 1 heterocycles. The van der Waals surface area contributed by atoms with E-state index in [1.54, 1.807) is 6.92 Å². The summed E-state index contributed by atoms with van der Waals surface area (Å²) in [6.45, 7) is 1.56. The van der Waals surface area contributed by atoms with Crippen molar-refractivity contribution in [1.82, 2.24) is 4.98 Å². The lowest BCUT2D eigenvalue weighted by Gasteiger charge is -2.09. The molecular formula is C11H11ClN2O4S2. The number of phenols is 1. The first-order valence-electron chi connectivity index (χ1n) is 5.36. The van der Waals surface area contributed by atoms with Gasteiger partial charge in [0.25, 0.3) is 10.0 Å². The van der Waals surface area contributed by atoms with E-state index in [-0.39, 0.29) is 25.9 Å². The Morgan fingerprint density at radius 3 is 2.65 bits per heavy atom. The zero-order chi connectivity index (χ0) is 14.9. The predicted octanol–water partition coefficient (Wildman–Crippen LogP) is 2.62. The highest BCUT2D eigenvalue weighted by Crippen LogP contribution is 2.32. The van der Waals surface area contributed by atoms with Crippen molar-refractivity contribution in [3.63, 3.8) is 0 Å². The molecule has 2 N–H and O–H groups in total. The Morgan fingerprint density at radius 1 is 1.45 bits per heavy atom. The van der Waals surface area contributed by atoms with Gasteiger partial charge in [-0.1, -0.05) is 22.9 Å². The van der Waals surface area contributed by atoms with E-state index < -0.39 is 10.0 Å². The number of rotatable bonds is 4. The SMILES string of the molecule is COc1ccc(NS(=O)(=O)c2sc(Cl)nc2C)cc1O. The molecule has 0 radical (unpaired) electrons. The van der Waals surface area contributed by atoms with E-state index in [1.165, 1.54) is 25.3 Å². The Labute approximate surface area is 125 Å². The number of methoxy groups -OCH3 is 1. The van der Waals surface area contributed by atoms with Gasteiger partial charge < -0.3 is 9.84 Å². The summed E-state index contributed by atoms with van der Waals surface area (Å²) < 4.78 is 31.8. The van der Waals surface area contributed by atoms with E-state index in [1.807, 2.05) is 0 Å². The van der Waals surface area contributed by atoms with Crippen LogP contribution in [0.5, 0.6) is 11.5 Å². The highest BCUT2D eigenvalue weighted by molar-refractivity contribution is 7.94. The molecule has 0 fully saturated rings. The number of thiazole rings is 1. The summed E-state index contributed by atoms with van der Waals surface area (Å²) in [7, 11) is -2.39. The van der Waals surface area contributed by atoms with Crippen LogP contribution in [0.2, 0.25) is 4.47 Å². The van der Waals surface area contributed by atoms with Gasteiger partial charge in [-0.25, -0.2) is 13.4 Å². The Kier molecular flexibility index (Phi) is 4.07. The highest BCUT2D eigenvalue weighted by Gasteiger charge is 2.22. The fourth-order valence-electron chi connectivity index (χ4n) is 1.55. The summed E-state index contributed by atoms with van der Waals surface area (Å²) >= 11 is 6.57. The van der Waals surface area contributed by atoms with Crippen molar-refractivity contribution < 1.29 is 18.3 Å². The third-order valence-corrected chi connectivity index (χ3v) is 5.66. The zero-order valence-electron chi connectivity index (χ0n) is 10.5. The Hall–Kier alpha value is -1.51.